The highest BCUT2D eigenvalue weighted by atomic mass is 16.4. The molecule has 2 aromatic carbocycles. The molecule has 0 unspecified atom stereocenters. The zero-order valence-corrected chi connectivity index (χ0v) is 11.4. The molecule has 0 aliphatic carbocycles. The van der Waals surface area contributed by atoms with E-state index in [0.717, 1.165) is 18.4 Å². The van der Waals surface area contributed by atoms with Gasteiger partial charge in [0.15, 0.2) is 0 Å². The molecule has 0 atom stereocenters. The van der Waals surface area contributed by atoms with E-state index >= 15 is 0 Å². The lowest BCUT2D eigenvalue weighted by atomic mass is 10.1. The third-order valence-corrected chi connectivity index (χ3v) is 2.72. The Hall–Kier alpha value is -2.13. The van der Waals surface area contributed by atoms with E-state index in [1.807, 2.05) is 60.7 Å². The predicted octanol–water partition coefficient (Wildman–Crippen LogP) is 3.27. The van der Waals surface area contributed by atoms with Crippen LogP contribution in [-0.2, 0) is 17.8 Å². The number of carbonyl (C=O) groups is 1. The summed E-state index contributed by atoms with van der Waals surface area (Å²) in [5.74, 6) is -0.717. The van der Waals surface area contributed by atoms with Crippen molar-refractivity contribution in [2.24, 2.45) is 0 Å². The summed E-state index contributed by atoms with van der Waals surface area (Å²) >= 11 is 0. The van der Waals surface area contributed by atoms with E-state index < -0.39 is 5.97 Å². The van der Waals surface area contributed by atoms with Crippen molar-refractivity contribution in [2.75, 3.05) is 0 Å². The van der Waals surface area contributed by atoms with Crippen molar-refractivity contribution in [3.63, 3.8) is 0 Å². The molecule has 3 heteroatoms. The van der Waals surface area contributed by atoms with Crippen LogP contribution in [-0.4, -0.2) is 16.2 Å². The predicted molar refractivity (Wildman–Crippen MR) is 79.4 cm³/mol. The van der Waals surface area contributed by atoms with Gasteiger partial charge in [-0.3, -0.25) is 4.79 Å². The lowest BCUT2D eigenvalue weighted by Crippen LogP contribution is -1.95. The molecule has 2 aromatic rings. The third-order valence-electron chi connectivity index (χ3n) is 2.72. The number of benzene rings is 2. The number of aryl methyl sites for hydroxylation is 1. The summed E-state index contributed by atoms with van der Waals surface area (Å²) in [5.41, 5.74) is 2.17. The number of hydrogen-bond acceptors (Lipinski definition) is 2. The molecule has 0 aliphatic rings. The van der Waals surface area contributed by atoms with Gasteiger partial charge in [0.1, 0.15) is 0 Å². The molecule has 0 aromatic heterocycles. The van der Waals surface area contributed by atoms with Crippen LogP contribution in [0.1, 0.15) is 24.0 Å². The topological polar surface area (TPSA) is 57.5 Å². The van der Waals surface area contributed by atoms with E-state index in [1.54, 1.807) is 0 Å². The number of aliphatic carboxylic acids is 1. The lowest BCUT2D eigenvalue weighted by Gasteiger charge is -1.97. The fourth-order valence-corrected chi connectivity index (χ4v) is 1.67. The van der Waals surface area contributed by atoms with E-state index in [1.165, 1.54) is 5.56 Å². The quantitative estimate of drug-likeness (QED) is 0.878. The molecule has 3 nitrogen and oxygen atoms in total. The number of aliphatic hydroxyl groups is 1. The molecule has 0 aliphatic heterocycles. The monoisotopic (exact) mass is 272 g/mol. The second kappa shape index (κ2) is 9.75. The van der Waals surface area contributed by atoms with Gasteiger partial charge >= 0.3 is 5.97 Å². The second-order valence-electron chi connectivity index (χ2n) is 4.38. The van der Waals surface area contributed by atoms with Crippen molar-refractivity contribution in [3.05, 3.63) is 71.8 Å². The minimum Gasteiger partial charge on any atom is -0.481 e. The molecule has 2 N–H and O–H groups in total. The maximum atomic E-state index is 10.2. The molecule has 0 fully saturated rings. The lowest BCUT2D eigenvalue weighted by molar-refractivity contribution is -0.137. The number of carboxylic acids is 1. The first-order chi connectivity index (χ1) is 9.72. The van der Waals surface area contributed by atoms with Gasteiger partial charge in [-0.25, -0.2) is 0 Å². The van der Waals surface area contributed by atoms with Gasteiger partial charge in [0, 0.05) is 6.42 Å². The molecule has 106 valence electrons. The highest BCUT2D eigenvalue weighted by Gasteiger charge is 1.96. The van der Waals surface area contributed by atoms with Crippen molar-refractivity contribution in [1.82, 2.24) is 0 Å². The summed E-state index contributed by atoms with van der Waals surface area (Å²) in [5, 5.41) is 16.9. The first-order valence-corrected chi connectivity index (χ1v) is 6.63. The van der Waals surface area contributed by atoms with Crippen LogP contribution in [0, 0.1) is 0 Å². The van der Waals surface area contributed by atoms with Crippen LogP contribution in [0.4, 0.5) is 0 Å². The Kier molecular flexibility index (Phi) is 7.77. The van der Waals surface area contributed by atoms with Gasteiger partial charge in [0.2, 0.25) is 0 Å². The Labute approximate surface area is 119 Å². The smallest absolute Gasteiger partial charge is 0.303 e. The molecular weight excluding hydrogens is 252 g/mol. The first-order valence-electron chi connectivity index (χ1n) is 6.63. The van der Waals surface area contributed by atoms with E-state index in [2.05, 4.69) is 0 Å². The van der Waals surface area contributed by atoms with Crippen molar-refractivity contribution >= 4 is 5.97 Å². The van der Waals surface area contributed by atoms with Crippen molar-refractivity contribution in [3.8, 4) is 0 Å². The van der Waals surface area contributed by atoms with E-state index in [0.29, 0.717) is 0 Å². The fraction of sp³-hybridized carbons (Fsp3) is 0.235. The van der Waals surface area contributed by atoms with Gasteiger partial charge in [-0.15, -0.1) is 0 Å². The number of rotatable bonds is 5. The van der Waals surface area contributed by atoms with Gasteiger partial charge in [0.05, 0.1) is 6.61 Å². The van der Waals surface area contributed by atoms with Gasteiger partial charge in [0.25, 0.3) is 0 Å². The maximum absolute atomic E-state index is 10.2. The zero-order chi connectivity index (χ0) is 14.6. The summed E-state index contributed by atoms with van der Waals surface area (Å²) in [6.07, 6.45) is 1.83. The van der Waals surface area contributed by atoms with E-state index in [-0.39, 0.29) is 13.0 Å². The number of aliphatic hydroxyl groups excluding tert-OH is 1. The van der Waals surface area contributed by atoms with Crippen molar-refractivity contribution in [2.45, 2.75) is 25.9 Å². The fourth-order valence-electron chi connectivity index (χ4n) is 1.67. The highest BCUT2D eigenvalue weighted by Crippen LogP contribution is 2.03. The number of hydrogen-bond donors (Lipinski definition) is 2. The van der Waals surface area contributed by atoms with Crippen molar-refractivity contribution < 1.29 is 15.0 Å². The number of carboxylic acid groups (broad SMARTS) is 1. The molecule has 2 rings (SSSR count). The molecule has 0 spiro atoms. The largest absolute Gasteiger partial charge is 0.481 e. The highest BCUT2D eigenvalue weighted by molar-refractivity contribution is 5.66. The summed E-state index contributed by atoms with van der Waals surface area (Å²) in [4.78, 5) is 10.2. The van der Waals surface area contributed by atoms with Gasteiger partial charge in [-0.05, 0) is 24.0 Å². The van der Waals surface area contributed by atoms with E-state index in [4.69, 9.17) is 10.2 Å². The van der Waals surface area contributed by atoms with Gasteiger partial charge in [-0.2, -0.15) is 0 Å². The van der Waals surface area contributed by atoms with Crippen molar-refractivity contribution in [1.29, 1.82) is 0 Å². The summed E-state index contributed by atoms with van der Waals surface area (Å²) < 4.78 is 0. The Balaban J connectivity index is 0.000000217. The van der Waals surface area contributed by atoms with Gasteiger partial charge in [-0.1, -0.05) is 60.7 Å². The molecule has 0 bridgehead atoms. The minimum atomic E-state index is -0.717. The molecule has 0 saturated carbocycles. The Morgan fingerprint density at radius 2 is 1.35 bits per heavy atom. The standard InChI is InChI=1S/C10H12O2.C7H8O/c11-10(12)8-4-7-9-5-2-1-3-6-9;8-6-7-4-2-1-3-5-7/h1-3,5-6H,4,7-8H2,(H,11,12);1-5,8H,6H2. The Morgan fingerprint density at radius 3 is 1.75 bits per heavy atom. The summed E-state index contributed by atoms with van der Waals surface area (Å²) in [6, 6.07) is 19.5. The third kappa shape index (κ3) is 7.34. The molecule has 20 heavy (non-hydrogen) atoms. The summed E-state index contributed by atoms with van der Waals surface area (Å²) in [7, 11) is 0. The first kappa shape index (κ1) is 15.9. The van der Waals surface area contributed by atoms with Crippen LogP contribution < -0.4 is 0 Å². The van der Waals surface area contributed by atoms with Gasteiger partial charge < -0.3 is 10.2 Å². The molecule has 0 heterocycles. The second-order valence-corrected chi connectivity index (χ2v) is 4.38. The van der Waals surface area contributed by atoms with Crippen LogP contribution in [0.2, 0.25) is 0 Å². The average molecular weight is 272 g/mol. The molecule has 0 saturated heterocycles. The van der Waals surface area contributed by atoms with Crippen LogP contribution in [0.5, 0.6) is 0 Å². The minimum absolute atomic E-state index is 0.140. The average Bonchev–Trinajstić information content (AvgIpc) is 2.49. The molecule has 0 amide bonds. The maximum Gasteiger partial charge on any atom is 0.303 e. The molecular formula is C17H20O3. The Morgan fingerprint density at radius 1 is 0.850 bits per heavy atom. The molecule has 0 radical (unpaired) electrons. The normalized spacial score (nSPS) is 9.45. The zero-order valence-electron chi connectivity index (χ0n) is 11.4. The Bertz CT molecular complexity index is 480. The summed E-state index contributed by atoms with van der Waals surface area (Å²) in [6.45, 7) is 0.140. The van der Waals surface area contributed by atoms with Crippen LogP contribution in [0.15, 0.2) is 60.7 Å². The van der Waals surface area contributed by atoms with Crippen LogP contribution in [0.25, 0.3) is 0 Å². The SMILES string of the molecule is O=C(O)CCCc1ccccc1.OCc1ccccc1. The van der Waals surface area contributed by atoms with Crippen LogP contribution >= 0.6 is 0 Å². The van der Waals surface area contributed by atoms with Crippen LogP contribution in [0.3, 0.4) is 0 Å². The van der Waals surface area contributed by atoms with E-state index in [9.17, 15) is 4.79 Å².